The van der Waals surface area contributed by atoms with E-state index >= 15 is 0 Å². The molecule has 1 heterocycles. The fraction of sp³-hybridized carbons (Fsp3) is 0.333. The van der Waals surface area contributed by atoms with Crippen LogP contribution in [0.25, 0.3) is 0 Å². The Bertz CT molecular complexity index is 595. The highest BCUT2D eigenvalue weighted by atomic mass is 16.1. The van der Waals surface area contributed by atoms with Crippen molar-refractivity contribution in [3.05, 3.63) is 65.5 Å². The zero-order chi connectivity index (χ0) is 15.9. The molecule has 1 aromatic heterocycles. The van der Waals surface area contributed by atoms with Crippen molar-refractivity contribution < 1.29 is 4.79 Å². The Morgan fingerprint density at radius 3 is 2.50 bits per heavy atom. The van der Waals surface area contributed by atoms with Crippen LogP contribution in [0.2, 0.25) is 0 Å². The van der Waals surface area contributed by atoms with Crippen LogP contribution in [0.1, 0.15) is 47.8 Å². The number of carbonyl (C=O) groups is 1. The summed E-state index contributed by atoms with van der Waals surface area (Å²) in [5.41, 5.74) is 7.93. The maximum Gasteiger partial charge on any atom is 0.267 e. The molecule has 3 N–H and O–H groups in total. The van der Waals surface area contributed by atoms with Gasteiger partial charge in [-0.05, 0) is 36.5 Å². The van der Waals surface area contributed by atoms with Gasteiger partial charge in [-0.3, -0.25) is 9.78 Å². The van der Waals surface area contributed by atoms with E-state index in [4.69, 9.17) is 5.73 Å². The maximum atomic E-state index is 11.0. The SMILES string of the molecule is CC(CC(C)c1ccc(C(N)=O)nc1)NCc1ccccc1. The second-order valence-electron chi connectivity index (χ2n) is 5.75. The lowest BCUT2D eigenvalue weighted by molar-refractivity contribution is 0.0995. The Hall–Kier alpha value is -2.20. The molecule has 2 aromatic rings. The average molecular weight is 297 g/mol. The van der Waals surface area contributed by atoms with Gasteiger partial charge in [0.05, 0.1) is 0 Å². The van der Waals surface area contributed by atoms with Gasteiger partial charge in [0.1, 0.15) is 5.69 Å². The summed E-state index contributed by atoms with van der Waals surface area (Å²) in [6.07, 6.45) is 2.75. The van der Waals surface area contributed by atoms with E-state index in [1.165, 1.54) is 5.56 Å². The first-order chi connectivity index (χ1) is 10.6. The quantitative estimate of drug-likeness (QED) is 0.825. The van der Waals surface area contributed by atoms with Crippen molar-refractivity contribution in [3.63, 3.8) is 0 Å². The third kappa shape index (κ3) is 4.67. The molecular formula is C18H23N3O. The summed E-state index contributed by atoms with van der Waals surface area (Å²) in [5.74, 6) is -0.121. The Labute approximate surface area is 131 Å². The zero-order valence-corrected chi connectivity index (χ0v) is 13.1. The van der Waals surface area contributed by atoms with E-state index < -0.39 is 5.91 Å². The molecule has 0 aliphatic carbocycles. The number of amides is 1. The Morgan fingerprint density at radius 1 is 1.18 bits per heavy atom. The van der Waals surface area contributed by atoms with Crippen molar-refractivity contribution in [2.75, 3.05) is 0 Å². The molecule has 4 nitrogen and oxygen atoms in total. The van der Waals surface area contributed by atoms with Crippen LogP contribution >= 0.6 is 0 Å². The second-order valence-corrected chi connectivity index (χ2v) is 5.75. The fourth-order valence-electron chi connectivity index (χ4n) is 2.48. The highest BCUT2D eigenvalue weighted by Crippen LogP contribution is 2.20. The fourth-order valence-corrected chi connectivity index (χ4v) is 2.48. The van der Waals surface area contributed by atoms with Gasteiger partial charge in [0.25, 0.3) is 5.91 Å². The minimum absolute atomic E-state index is 0.311. The van der Waals surface area contributed by atoms with E-state index in [1.807, 2.05) is 12.1 Å². The summed E-state index contributed by atoms with van der Waals surface area (Å²) in [6.45, 7) is 5.22. The topological polar surface area (TPSA) is 68.0 Å². The predicted octanol–water partition coefficient (Wildman–Crippen LogP) is 2.85. The first-order valence-corrected chi connectivity index (χ1v) is 7.59. The second kappa shape index (κ2) is 7.71. The maximum absolute atomic E-state index is 11.0. The molecule has 4 heteroatoms. The summed E-state index contributed by atoms with van der Waals surface area (Å²) in [4.78, 5) is 15.1. The van der Waals surface area contributed by atoms with Crippen LogP contribution < -0.4 is 11.1 Å². The Balaban J connectivity index is 1.85. The number of aromatic nitrogens is 1. The molecule has 0 spiro atoms. The molecule has 0 saturated heterocycles. The average Bonchev–Trinajstić information content (AvgIpc) is 2.54. The smallest absolute Gasteiger partial charge is 0.267 e. The van der Waals surface area contributed by atoms with Gasteiger partial charge in [0.15, 0.2) is 0 Å². The molecule has 0 radical (unpaired) electrons. The van der Waals surface area contributed by atoms with Crippen LogP contribution in [-0.2, 0) is 6.54 Å². The first kappa shape index (κ1) is 16.2. The minimum atomic E-state index is -0.489. The van der Waals surface area contributed by atoms with Gasteiger partial charge >= 0.3 is 0 Å². The van der Waals surface area contributed by atoms with Crippen LogP contribution in [0.15, 0.2) is 48.7 Å². The third-order valence-electron chi connectivity index (χ3n) is 3.81. The predicted molar refractivity (Wildman–Crippen MR) is 88.5 cm³/mol. The number of primary amides is 1. The van der Waals surface area contributed by atoms with E-state index in [0.717, 1.165) is 18.5 Å². The summed E-state index contributed by atoms with van der Waals surface area (Å²) in [5, 5.41) is 3.53. The number of hydrogen-bond acceptors (Lipinski definition) is 3. The number of nitrogens with zero attached hydrogens (tertiary/aromatic N) is 1. The van der Waals surface area contributed by atoms with Gasteiger partial charge < -0.3 is 11.1 Å². The number of nitrogens with two attached hydrogens (primary N) is 1. The van der Waals surface area contributed by atoms with E-state index in [2.05, 4.69) is 48.4 Å². The summed E-state index contributed by atoms with van der Waals surface area (Å²) < 4.78 is 0. The summed E-state index contributed by atoms with van der Waals surface area (Å²) in [6, 6.07) is 14.4. The van der Waals surface area contributed by atoms with Gasteiger partial charge in [-0.2, -0.15) is 0 Å². The largest absolute Gasteiger partial charge is 0.364 e. The Kier molecular flexibility index (Phi) is 5.67. The van der Waals surface area contributed by atoms with Crippen molar-refractivity contribution in [2.24, 2.45) is 5.73 Å². The first-order valence-electron chi connectivity index (χ1n) is 7.59. The van der Waals surface area contributed by atoms with Crippen LogP contribution in [-0.4, -0.2) is 16.9 Å². The molecule has 22 heavy (non-hydrogen) atoms. The molecular weight excluding hydrogens is 274 g/mol. The molecule has 116 valence electrons. The molecule has 2 atom stereocenters. The van der Waals surface area contributed by atoms with Crippen molar-refractivity contribution in [3.8, 4) is 0 Å². The van der Waals surface area contributed by atoms with E-state index in [9.17, 15) is 4.79 Å². The number of carbonyl (C=O) groups excluding carboxylic acids is 1. The molecule has 2 unspecified atom stereocenters. The van der Waals surface area contributed by atoms with Crippen molar-refractivity contribution in [1.29, 1.82) is 0 Å². The molecule has 0 fully saturated rings. The molecule has 1 aromatic carbocycles. The molecule has 0 aliphatic heterocycles. The van der Waals surface area contributed by atoms with Crippen LogP contribution in [0, 0.1) is 0 Å². The number of pyridine rings is 1. The van der Waals surface area contributed by atoms with E-state index in [1.54, 1.807) is 12.3 Å². The number of nitrogens with one attached hydrogen (secondary N) is 1. The monoisotopic (exact) mass is 297 g/mol. The molecule has 1 amide bonds. The molecule has 0 bridgehead atoms. The van der Waals surface area contributed by atoms with Gasteiger partial charge in [0, 0.05) is 18.8 Å². The standard InChI is InChI=1S/C18H23N3O/c1-13(16-8-9-17(18(19)22)21-12-16)10-14(2)20-11-15-6-4-3-5-7-15/h3-9,12-14,20H,10-11H2,1-2H3,(H2,19,22). The van der Waals surface area contributed by atoms with E-state index in [-0.39, 0.29) is 0 Å². The summed E-state index contributed by atoms with van der Waals surface area (Å²) >= 11 is 0. The lowest BCUT2D eigenvalue weighted by Gasteiger charge is -2.19. The lowest BCUT2D eigenvalue weighted by Crippen LogP contribution is -2.27. The van der Waals surface area contributed by atoms with Crippen molar-refractivity contribution >= 4 is 5.91 Å². The number of benzene rings is 1. The minimum Gasteiger partial charge on any atom is -0.364 e. The van der Waals surface area contributed by atoms with E-state index in [0.29, 0.717) is 17.7 Å². The van der Waals surface area contributed by atoms with Gasteiger partial charge in [-0.1, -0.05) is 43.3 Å². The number of hydrogen-bond donors (Lipinski definition) is 2. The van der Waals surface area contributed by atoms with Gasteiger partial charge in [-0.25, -0.2) is 0 Å². The molecule has 0 aliphatic rings. The summed E-state index contributed by atoms with van der Waals surface area (Å²) in [7, 11) is 0. The highest BCUT2D eigenvalue weighted by Gasteiger charge is 2.12. The molecule has 2 rings (SSSR count). The molecule has 0 saturated carbocycles. The van der Waals surface area contributed by atoms with Gasteiger partial charge in [-0.15, -0.1) is 0 Å². The third-order valence-corrected chi connectivity index (χ3v) is 3.81. The Morgan fingerprint density at radius 2 is 1.91 bits per heavy atom. The van der Waals surface area contributed by atoms with Gasteiger partial charge in [0.2, 0.25) is 0 Å². The van der Waals surface area contributed by atoms with Crippen molar-refractivity contribution in [2.45, 2.75) is 38.8 Å². The number of rotatable bonds is 7. The van der Waals surface area contributed by atoms with Crippen LogP contribution in [0.5, 0.6) is 0 Å². The van der Waals surface area contributed by atoms with Crippen molar-refractivity contribution in [1.82, 2.24) is 10.3 Å². The highest BCUT2D eigenvalue weighted by molar-refractivity contribution is 5.90. The zero-order valence-electron chi connectivity index (χ0n) is 13.1. The normalized spacial score (nSPS) is 13.5. The lowest BCUT2D eigenvalue weighted by atomic mass is 9.95. The van der Waals surface area contributed by atoms with Crippen LogP contribution in [0.3, 0.4) is 0 Å². The van der Waals surface area contributed by atoms with Crippen LogP contribution in [0.4, 0.5) is 0 Å².